The Morgan fingerprint density at radius 1 is 1.00 bits per heavy atom. The van der Waals surface area contributed by atoms with Crippen molar-refractivity contribution in [2.45, 2.75) is 32.3 Å². The van der Waals surface area contributed by atoms with Gasteiger partial charge in [-0.3, -0.25) is 9.78 Å². The highest BCUT2D eigenvalue weighted by molar-refractivity contribution is 7.14. The van der Waals surface area contributed by atoms with Gasteiger partial charge in [-0.15, -0.1) is 11.3 Å². The molecule has 8 nitrogen and oxygen atoms in total. The molecule has 0 fully saturated rings. The average Bonchev–Trinajstić information content (AvgIpc) is 3.36. The van der Waals surface area contributed by atoms with Crippen LogP contribution in [0.2, 0.25) is 10.0 Å². The van der Waals surface area contributed by atoms with E-state index in [-0.39, 0.29) is 0 Å². The molecular formula is C30H24Cl2N4O4S. The lowest BCUT2D eigenvalue weighted by atomic mass is 9.91. The maximum Gasteiger partial charge on any atom is 0.351 e. The fourth-order valence-electron chi connectivity index (χ4n) is 4.24. The van der Waals surface area contributed by atoms with E-state index >= 15 is 0 Å². The van der Waals surface area contributed by atoms with Crippen LogP contribution >= 0.6 is 34.5 Å². The van der Waals surface area contributed by atoms with Crippen molar-refractivity contribution in [3.8, 4) is 16.9 Å². The summed E-state index contributed by atoms with van der Waals surface area (Å²) >= 11 is 14.3. The van der Waals surface area contributed by atoms with Gasteiger partial charge < -0.3 is 4.74 Å². The van der Waals surface area contributed by atoms with Crippen molar-refractivity contribution < 1.29 is 9.53 Å². The molecule has 208 valence electrons. The summed E-state index contributed by atoms with van der Waals surface area (Å²) in [7, 11) is 0. The molecule has 2 heterocycles. The molecule has 5 rings (SSSR count). The Kier molecular flexibility index (Phi) is 7.95. The summed E-state index contributed by atoms with van der Waals surface area (Å²) in [6.45, 7) is 5.44. The van der Waals surface area contributed by atoms with Gasteiger partial charge in [0.1, 0.15) is 21.7 Å². The number of carbonyl (C=O) groups is 1. The second-order valence-electron chi connectivity index (χ2n) is 10.1. The third-order valence-electron chi connectivity index (χ3n) is 5.98. The second kappa shape index (κ2) is 11.4. The minimum Gasteiger partial charge on any atom is -0.456 e. The van der Waals surface area contributed by atoms with Crippen molar-refractivity contribution in [2.75, 3.05) is 0 Å². The number of aromatic nitrogens is 4. The molecule has 0 bridgehead atoms. The van der Waals surface area contributed by atoms with Crippen LogP contribution in [0, 0.1) is 0 Å². The van der Waals surface area contributed by atoms with E-state index < -0.39 is 28.7 Å². The highest BCUT2D eigenvalue weighted by Crippen LogP contribution is 2.42. The van der Waals surface area contributed by atoms with Crippen LogP contribution in [0.1, 0.15) is 52.5 Å². The predicted molar refractivity (Wildman–Crippen MR) is 161 cm³/mol. The van der Waals surface area contributed by atoms with E-state index in [1.165, 1.54) is 11.3 Å². The van der Waals surface area contributed by atoms with Crippen LogP contribution in [0.15, 0.2) is 88.6 Å². The summed E-state index contributed by atoms with van der Waals surface area (Å²) in [5, 5.41) is 5.42. The summed E-state index contributed by atoms with van der Waals surface area (Å²) in [6.07, 6.45) is 1.01. The first-order valence-electron chi connectivity index (χ1n) is 12.5. The van der Waals surface area contributed by atoms with E-state index in [4.69, 9.17) is 32.9 Å². The Bertz CT molecular complexity index is 1840. The molecule has 5 aromatic rings. The maximum absolute atomic E-state index is 13.4. The quantitative estimate of drug-likeness (QED) is 0.221. The zero-order chi connectivity index (χ0) is 29.3. The van der Waals surface area contributed by atoms with Crippen molar-refractivity contribution in [3.63, 3.8) is 0 Å². The van der Waals surface area contributed by atoms with Crippen LogP contribution in [-0.4, -0.2) is 31.3 Å². The number of rotatable bonds is 6. The normalized spacial score (nSPS) is 12.2. The molecule has 0 radical (unpaired) electrons. The van der Waals surface area contributed by atoms with Gasteiger partial charge in [0.2, 0.25) is 0 Å². The fraction of sp³-hybridized carbons (Fsp3) is 0.167. The van der Waals surface area contributed by atoms with Crippen LogP contribution in [0.5, 0.6) is 0 Å². The molecule has 0 aliphatic rings. The summed E-state index contributed by atoms with van der Waals surface area (Å²) < 4.78 is 6.79. The number of nitrogens with one attached hydrogen (secondary N) is 1. The molecule has 3 aromatic carbocycles. The fourth-order valence-corrected chi connectivity index (χ4v) is 5.77. The number of H-pyrrole nitrogens is 1. The van der Waals surface area contributed by atoms with E-state index in [0.717, 1.165) is 22.0 Å². The number of aromatic amines is 1. The topological polar surface area (TPSA) is 107 Å². The first kappa shape index (κ1) is 28.5. The summed E-state index contributed by atoms with van der Waals surface area (Å²) in [5.74, 6) is -0.961. The predicted octanol–water partition coefficient (Wildman–Crippen LogP) is 6.49. The van der Waals surface area contributed by atoms with Crippen LogP contribution in [0.4, 0.5) is 0 Å². The molecule has 11 heteroatoms. The number of nitrogens with zero attached hydrogens (tertiary/aromatic N) is 3. The first-order valence-corrected chi connectivity index (χ1v) is 14.1. The van der Waals surface area contributed by atoms with E-state index in [9.17, 15) is 14.4 Å². The van der Waals surface area contributed by atoms with Gasteiger partial charge in [-0.1, -0.05) is 71.7 Å². The third kappa shape index (κ3) is 6.32. The van der Waals surface area contributed by atoms with E-state index in [2.05, 4.69) is 10.1 Å². The SMILES string of the molecule is CC(C)(C)OC(=O)c1sc(C(c2ccc(Cl)cc2)c2ccc(-n3ncc(=O)[nH]c3=O)cc2Cl)nc1-c1ccccc1. The first-order chi connectivity index (χ1) is 19.5. The van der Waals surface area contributed by atoms with Crippen molar-refractivity contribution in [1.82, 2.24) is 19.7 Å². The van der Waals surface area contributed by atoms with Gasteiger partial charge in [0, 0.05) is 15.6 Å². The number of hydrogen-bond donors (Lipinski definition) is 1. The zero-order valence-electron chi connectivity index (χ0n) is 22.2. The number of benzene rings is 3. The maximum atomic E-state index is 13.4. The minimum atomic E-state index is -0.697. The molecule has 0 spiro atoms. The average molecular weight is 608 g/mol. The van der Waals surface area contributed by atoms with Crippen molar-refractivity contribution in [1.29, 1.82) is 0 Å². The molecule has 41 heavy (non-hydrogen) atoms. The Hall–Kier alpha value is -4.05. The van der Waals surface area contributed by atoms with Crippen LogP contribution < -0.4 is 11.2 Å². The number of carbonyl (C=O) groups excluding carboxylic acids is 1. The van der Waals surface area contributed by atoms with Crippen molar-refractivity contribution in [3.05, 3.63) is 131 Å². The number of ether oxygens (including phenoxy) is 1. The monoisotopic (exact) mass is 606 g/mol. The number of halogens is 2. The van der Waals surface area contributed by atoms with Crippen LogP contribution in [0.3, 0.4) is 0 Å². The Labute approximate surface area is 249 Å². The largest absolute Gasteiger partial charge is 0.456 e. The minimum absolute atomic E-state index is 0.331. The Morgan fingerprint density at radius 3 is 2.34 bits per heavy atom. The van der Waals surface area contributed by atoms with Gasteiger partial charge in [-0.2, -0.15) is 9.78 Å². The van der Waals surface area contributed by atoms with E-state index in [0.29, 0.717) is 36.9 Å². The lowest BCUT2D eigenvalue weighted by Gasteiger charge is -2.19. The van der Waals surface area contributed by atoms with Gasteiger partial charge in [0.05, 0.1) is 17.3 Å². The van der Waals surface area contributed by atoms with Gasteiger partial charge in [0.15, 0.2) is 0 Å². The Morgan fingerprint density at radius 2 is 1.71 bits per heavy atom. The molecule has 0 saturated carbocycles. The second-order valence-corrected chi connectivity index (χ2v) is 12.0. The molecule has 0 aliphatic heterocycles. The molecule has 0 saturated heterocycles. The van der Waals surface area contributed by atoms with Crippen molar-refractivity contribution in [2.24, 2.45) is 0 Å². The number of hydrogen-bond acceptors (Lipinski definition) is 7. The van der Waals surface area contributed by atoms with Crippen LogP contribution in [-0.2, 0) is 4.74 Å². The van der Waals surface area contributed by atoms with E-state index in [1.54, 1.807) is 30.3 Å². The molecule has 1 unspecified atom stereocenters. The van der Waals surface area contributed by atoms with Gasteiger partial charge in [-0.25, -0.2) is 14.6 Å². The molecule has 1 N–H and O–H groups in total. The number of esters is 1. The van der Waals surface area contributed by atoms with Gasteiger partial charge in [0.25, 0.3) is 5.56 Å². The summed E-state index contributed by atoms with van der Waals surface area (Å²) in [6, 6.07) is 21.8. The molecule has 2 aromatic heterocycles. The van der Waals surface area contributed by atoms with Crippen molar-refractivity contribution >= 4 is 40.5 Å². The lowest BCUT2D eigenvalue weighted by molar-refractivity contribution is 0.00758. The van der Waals surface area contributed by atoms with Crippen LogP contribution in [0.25, 0.3) is 16.9 Å². The molecule has 0 aliphatic carbocycles. The number of thiazole rings is 1. The van der Waals surface area contributed by atoms with Gasteiger partial charge >= 0.3 is 11.7 Å². The third-order valence-corrected chi connectivity index (χ3v) is 7.66. The highest BCUT2D eigenvalue weighted by Gasteiger charge is 2.30. The van der Waals surface area contributed by atoms with E-state index in [1.807, 2.05) is 63.2 Å². The Balaban J connectivity index is 1.68. The lowest BCUT2D eigenvalue weighted by Crippen LogP contribution is -2.30. The van der Waals surface area contributed by atoms with Gasteiger partial charge in [-0.05, 0) is 56.2 Å². The molecule has 0 amide bonds. The zero-order valence-corrected chi connectivity index (χ0v) is 24.6. The summed E-state index contributed by atoms with van der Waals surface area (Å²) in [5.41, 5.74) is 1.18. The molecule has 1 atom stereocenters. The molecular weight excluding hydrogens is 583 g/mol. The smallest absolute Gasteiger partial charge is 0.351 e. The summed E-state index contributed by atoms with van der Waals surface area (Å²) in [4.78, 5) is 44.7. The standard InChI is InChI=1S/C30H24Cl2N4O4S/c1-30(2,3)40-28(38)26-25(18-7-5-4-6-8-18)35-27(41-26)24(17-9-11-19(31)12-10-17)21-14-13-20(15-22(21)32)36-29(39)34-23(37)16-33-36/h4-16,24H,1-3H3,(H,34,37,39). The highest BCUT2D eigenvalue weighted by atomic mass is 35.5.